The average Bonchev–Trinajstić information content (AvgIpc) is 2.35. The fourth-order valence-electron chi connectivity index (χ4n) is 3.66. The lowest BCUT2D eigenvalue weighted by Crippen LogP contribution is -2.48. The third-order valence-corrected chi connectivity index (χ3v) is 4.62. The second kappa shape index (κ2) is 6.40. The Morgan fingerprint density at radius 2 is 1.63 bits per heavy atom. The van der Waals surface area contributed by atoms with Crippen LogP contribution in [-0.2, 0) is 9.59 Å². The van der Waals surface area contributed by atoms with E-state index >= 15 is 0 Å². The van der Waals surface area contributed by atoms with E-state index in [1.807, 2.05) is 13.8 Å². The lowest BCUT2D eigenvalue weighted by molar-refractivity contribution is -0.169. The van der Waals surface area contributed by atoms with Crippen molar-refractivity contribution in [3.63, 3.8) is 0 Å². The highest BCUT2D eigenvalue weighted by atomic mass is 16.4. The predicted molar refractivity (Wildman–Crippen MR) is 72.9 cm³/mol. The Morgan fingerprint density at radius 1 is 1.11 bits per heavy atom. The quantitative estimate of drug-likeness (QED) is 0.775. The van der Waals surface area contributed by atoms with Crippen molar-refractivity contribution < 1.29 is 19.8 Å². The first-order chi connectivity index (χ1) is 8.82. The molecule has 1 aliphatic carbocycles. The second-order valence-corrected chi connectivity index (χ2v) is 6.34. The van der Waals surface area contributed by atoms with E-state index < -0.39 is 23.3 Å². The van der Waals surface area contributed by atoms with Gasteiger partial charge in [0.1, 0.15) is 0 Å². The summed E-state index contributed by atoms with van der Waals surface area (Å²) in [5.74, 6) is -2.58. The fourth-order valence-corrected chi connectivity index (χ4v) is 3.66. The second-order valence-electron chi connectivity index (χ2n) is 6.34. The average molecular weight is 270 g/mol. The van der Waals surface area contributed by atoms with Crippen molar-refractivity contribution in [3.05, 3.63) is 0 Å². The molecule has 0 saturated heterocycles. The SMILES string of the molecule is CC(C)CC(C(=O)O)(C1CCCCC1)C(C)C(=O)O. The highest BCUT2D eigenvalue weighted by Gasteiger charge is 2.52. The number of carboxylic acids is 2. The van der Waals surface area contributed by atoms with Gasteiger partial charge in [-0.3, -0.25) is 9.59 Å². The van der Waals surface area contributed by atoms with Gasteiger partial charge in [0.15, 0.2) is 0 Å². The van der Waals surface area contributed by atoms with Gasteiger partial charge in [0, 0.05) is 0 Å². The van der Waals surface area contributed by atoms with Gasteiger partial charge in [-0.25, -0.2) is 0 Å². The number of hydrogen-bond acceptors (Lipinski definition) is 2. The molecule has 0 amide bonds. The zero-order valence-corrected chi connectivity index (χ0v) is 12.2. The molecule has 0 aromatic heterocycles. The Morgan fingerprint density at radius 3 is 2.00 bits per heavy atom. The topological polar surface area (TPSA) is 74.6 Å². The highest BCUT2D eigenvalue weighted by molar-refractivity contribution is 5.83. The number of aliphatic carboxylic acids is 2. The van der Waals surface area contributed by atoms with E-state index in [9.17, 15) is 19.8 Å². The first-order valence-corrected chi connectivity index (χ1v) is 7.28. The minimum atomic E-state index is -1.11. The molecule has 1 saturated carbocycles. The van der Waals surface area contributed by atoms with E-state index in [0.29, 0.717) is 6.42 Å². The smallest absolute Gasteiger partial charge is 0.310 e. The third kappa shape index (κ3) is 3.28. The molecule has 0 aliphatic heterocycles. The fraction of sp³-hybridized carbons (Fsp3) is 0.867. The van der Waals surface area contributed by atoms with E-state index in [4.69, 9.17) is 0 Å². The molecule has 0 heterocycles. The summed E-state index contributed by atoms with van der Waals surface area (Å²) >= 11 is 0. The van der Waals surface area contributed by atoms with Crippen LogP contribution >= 0.6 is 0 Å². The molecule has 4 nitrogen and oxygen atoms in total. The van der Waals surface area contributed by atoms with Crippen molar-refractivity contribution >= 4 is 11.9 Å². The van der Waals surface area contributed by atoms with Crippen LogP contribution in [0.5, 0.6) is 0 Å². The third-order valence-electron chi connectivity index (χ3n) is 4.62. The summed E-state index contributed by atoms with van der Waals surface area (Å²) in [6.45, 7) is 5.50. The van der Waals surface area contributed by atoms with E-state index in [-0.39, 0.29) is 11.8 Å². The summed E-state index contributed by atoms with van der Waals surface area (Å²) < 4.78 is 0. The summed E-state index contributed by atoms with van der Waals surface area (Å²) in [6, 6.07) is 0. The number of rotatable bonds is 6. The summed E-state index contributed by atoms with van der Waals surface area (Å²) in [5, 5.41) is 19.1. The molecule has 4 heteroatoms. The lowest BCUT2D eigenvalue weighted by Gasteiger charge is -2.43. The minimum absolute atomic E-state index is 0.00718. The largest absolute Gasteiger partial charge is 0.481 e. The Hall–Kier alpha value is -1.06. The van der Waals surface area contributed by atoms with Crippen LogP contribution in [0.4, 0.5) is 0 Å². The normalized spacial score (nSPS) is 21.9. The van der Waals surface area contributed by atoms with Gasteiger partial charge in [-0.2, -0.15) is 0 Å². The van der Waals surface area contributed by atoms with Gasteiger partial charge in [-0.05, 0) is 31.1 Å². The van der Waals surface area contributed by atoms with Crippen molar-refractivity contribution in [1.82, 2.24) is 0 Å². The molecule has 2 unspecified atom stereocenters. The summed E-state index contributed by atoms with van der Waals surface area (Å²) in [4.78, 5) is 23.3. The van der Waals surface area contributed by atoms with Gasteiger partial charge in [-0.15, -0.1) is 0 Å². The zero-order valence-electron chi connectivity index (χ0n) is 12.2. The van der Waals surface area contributed by atoms with Crippen LogP contribution in [-0.4, -0.2) is 22.2 Å². The van der Waals surface area contributed by atoms with E-state index in [1.54, 1.807) is 6.92 Å². The monoisotopic (exact) mass is 270 g/mol. The Kier molecular flexibility index (Phi) is 5.39. The molecular weight excluding hydrogens is 244 g/mol. The first-order valence-electron chi connectivity index (χ1n) is 7.28. The molecule has 2 atom stereocenters. The summed E-state index contributed by atoms with van der Waals surface area (Å²) in [7, 11) is 0. The van der Waals surface area contributed by atoms with Gasteiger partial charge in [0.05, 0.1) is 11.3 Å². The van der Waals surface area contributed by atoms with Crippen molar-refractivity contribution in [2.75, 3.05) is 0 Å². The molecule has 1 rings (SSSR count). The molecular formula is C15H26O4. The molecule has 1 fully saturated rings. The van der Waals surface area contributed by atoms with Crippen molar-refractivity contribution in [3.8, 4) is 0 Å². The van der Waals surface area contributed by atoms with Crippen LogP contribution in [0.25, 0.3) is 0 Å². The summed E-state index contributed by atoms with van der Waals surface area (Å²) in [5.41, 5.74) is -1.11. The maximum atomic E-state index is 11.9. The Balaban J connectivity index is 3.16. The molecule has 1 aliphatic rings. The maximum Gasteiger partial charge on any atom is 0.310 e. The van der Waals surface area contributed by atoms with Crippen LogP contribution in [0.1, 0.15) is 59.3 Å². The van der Waals surface area contributed by atoms with Crippen molar-refractivity contribution in [2.45, 2.75) is 59.3 Å². The number of carboxylic acid groups (broad SMARTS) is 2. The maximum absolute atomic E-state index is 11.9. The van der Waals surface area contributed by atoms with E-state index in [2.05, 4.69) is 0 Å². The molecule has 110 valence electrons. The van der Waals surface area contributed by atoms with Crippen molar-refractivity contribution in [1.29, 1.82) is 0 Å². The van der Waals surface area contributed by atoms with E-state index in [1.165, 1.54) is 0 Å². The van der Waals surface area contributed by atoms with Gasteiger partial charge in [-0.1, -0.05) is 40.0 Å². The highest BCUT2D eigenvalue weighted by Crippen LogP contribution is 2.48. The molecule has 0 bridgehead atoms. The molecule has 2 N–H and O–H groups in total. The van der Waals surface area contributed by atoms with Gasteiger partial charge in [0.2, 0.25) is 0 Å². The number of carbonyl (C=O) groups is 2. The molecule has 0 radical (unpaired) electrons. The van der Waals surface area contributed by atoms with Crippen LogP contribution in [0, 0.1) is 23.2 Å². The number of hydrogen-bond donors (Lipinski definition) is 2. The lowest BCUT2D eigenvalue weighted by atomic mass is 9.59. The van der Waals surface area contributed by atoms with Crippen molar-refractivity contribution in [2.24, 2.45) is 23.2 Å². The molecule has 0 aromatic carbocycles. The van der Waals surface area contributed by atoms with Crippen LogP contribution in [0.3, 0.4) is 0 Å². The minimum Gasteiger partial charge on any atom is -0.481 e. The first kappa shape index (κ1) is 16.0. The van der Waals surface area contributed by atoms with Gasteiger partial charge in [0.25, 0.3) is 0 Å². The molecule has 0 spiro atoms. The van der Waals surface area contributed by atoms with Gasteiger partial charge >= 0.3 is 11.9 Å². The Labute approximate surface area is 115 Å². The van der Waals surface area contributed by atoms with E-state index in [0.717, 1.165) is 32.1 Å². The Bertz CT molecular complexity index is 331. The summed E-state index contributed by atoms with van der Waals surface area (Å²) in [6.07, 6.45) is 5.30. The standard InChI is InChI=1S/C15H26O4/c1-10(2)9-15(14(18)19,11(3)13(16)17)12-7-5-4-6-8-12/h10-12H,4-9H2,1-3H3,(H,16,17)(H,18,19). The van der Waals surface area contributed by atoms with Gasteiger partial charge < -0.3 is 10.2 Å². The van der Waals surface area contributed by atoms with Crippen LogP contribution in [0.2, 0.25) is 0 Å². The van der Waals surface area contributed by atoms with Crippen LogP contribution < -0.4 is 0 Å². The molecule has 19 heavy (non-hydrogen) atoms. The molecule has 0 aromatic rings. The predicted octanol–water partition coefficient (Wildman–Crippen LogP) is 3.40. The van der Waals surface area contributed by atoms with Crippen LogP contribution in [0.15, 0.2) is 0 Å². The zero-order chi connectivity index (χ0) is 14.6.